The van der Waals surface area contributed by atoms with Crippen molar-refractivity contribution in [2.75, 3.05) is 20.0 Å². The molecular formula is C21H42ClN5O2. The van der Waals surface area contributed by atoms with E-state index >= 15 is 0 Å². The molecule has 3 fully saturated rings. The number of aliphatic hydroxyl groups excluding tert-OH is 2. The lowest BCUT2D eigenvalue weighted by atomic mass is 9.79. The number of hydrazine groups is 2. The summed E-state index contributed by atoms with van der Waals surface area (Å²) in [4.78, 5) is 0. The van der Waals surface area contributed by atoms with E-state index in [0.29, 0.717) is 13.3 Å². The number of hydrogen-bond donors (Lipinski definition) is 2. The third-order valence-electron chi connectivity index (χ3n) is 6.76. The van der Waals surface area contributed by atoms with Crippen molar-refractivity contribution in [3.05, 3.63) is 0 Å². The maximum atomic E-state index is 10.4. The Labute approximate surface area is 182 Å². The van der Waals surface area contributed by atoms with Crippen LogP contribution in [0.1, 0.15) is 81.1 Å². The zero-order chi connectivity index (χ0) is 22.0. The standard InChI is InChI=1S/C21H42ClN5O2/c1-18(2)9-16(28)10-19(3,4)26(18)24-13-23(22)14-25(15-24)27-20(5,6)11-17(29)12-21(27,7)8/h16-17,28-29H,9-15H2,1-8H3. The molecule has 0 spiro atoms. The molecule has 3 saturated heterocycles. The molecule has 0 saturated carbocycles. The van der Waals surface area contributed by atoms with E-state index < -0.39 is 0 Å². The molecule has 0 amide bonds. The van der Waals surface area contributed by atoms with Gasteiger partial charge in [-0.3, -0.25) is 0 Å². The van der Waals surface area contributed by atoms with Gasteiger partial charge in [-0.15, -0.1) is 0 Å². The fourth-order valence-electron chi connectivity index (χ4n) is 6.90. The Morgan fingerprint density at radius 3 is 1.14 bits per heavy atom. The van der Waals surface area contributed by atoms with Crippen LogP contribution in [0.15, 0.2) is 0 Å². The average Bonchev–Trinajstić information content (AvgIpc) is 2.39. The maximum Gasteiger partial charge on any atom is 0.0823 e. The summed E-state index contributed by atoms with van der Waals surface area (Å²) in [5, 5.41) is 30.4. The predicted molar refractivity (Wildman–Crippen MR) is 116 cm³/mol. The summed E-state index contributed by atoms with van der Waals surface area (Å²) in [6.45, 7) is 19.7. The molecule has 3 aliphatic rings. The highest BCUT2D eigenvalue weighted by Gasteiger charge is 2.52. The van der Waals surface area contributed by atoms with Gasteiger partial charge in [-0.25, -0.2) is 20.0 Å². The van der Waals surface area contributed by atoms with E-state index in [4.69, 9.17) is 11.8 Å². The van der Waals surface area contributed by atoms with E-state index in [1.54, 1.807) is 0 Å². The van der Waals surface area contributed by atoms with Crippen molar-refractivity contribution in [2.45, 2.75) is 115 Å². The summed E-state index contributed by atoms with van der Waals surface area (Å²) < 4.78 is 1.83. The Bertz CT molecular complexity index is 526. The molecule has 0 aromatic rings. The maximum absolute atomic E-state index is 10.4. The average molecular weight is 432 g/mol. The molecule has 29 heavy (non-hydrogen) atoms. The Morgan fingerprint density at radius 2 is 0.862 bits per heavy atom. The summed E-state index contributed by atoms with van der Waals surface area (Å²) >= 11 is 6.67. The van der Waals surface area contributed by atoms with Gasteiger partial charge in [0, 0.05) is 22.2 Å². The molecule has 3 rings (SSSR count). The van der Waals surface area contributed by atoms with Crippen LogP contribution in [0.4, 0.5) is 0 Å². The molecule has 0 atom stereocenters. The zero-order valence-corrected chi connectivity index (χ0v) is 20.4. The summed E-state index contributed by atoms with van der Waals surface area (Å²) in [6, 6.07) is 0. The van der Waals surface area contributed by atoms with Gasteiger partial charge in [0.2, 0.25) is 0 Å². The number of rotatable bonds is 2. The van der Waals surface area contributed by atoms with Gasteiger partial charge in [0.15, 0.2) is 0 Å². The second kappa shape index (κ2) is 7.55. The molecule has 8 heteroatoms. The van der Waals surface area contributed by atoms with Crippen molar-refractivity contribution in [2.24, 2.45) is 0 Å². The molecule has 0 aromatic heterocycles. The predicted octanol–water partition coefficient (Wildman–Crippen LogP) is 2.79. The minimum atomic E-state index is -0.286. The highest BCUT2D eigenvalue weighted by Crippen LogP contribution is 2.43. The Hall–Kier alpha value is 0.01000. The third kappa shape index (κ3) is 4.62. The minimum Gasteiger partial charge on any atom is -0.393 e. The van der Waals surface area contributed by atoms with Crippen LogP contribution in [-0.4, -0.2) is 89.0 Å². The van der Waals surface area contributed by atoms with Crippen LogP contribution in [0.5, 0.6) is 0 Å². The van der Waals surface area contributed by atoms with Gasteiger partial charge in [-0.05, 0) is 92.8 Å². The van der Waals surface area contributed by atoms with Crippen molar-refractivity contribution in [1.82, 2.24) is 24.5 Å². The molecule has 2 N–H and O–H groups in total. The Balaban J connectivity index is 1.91. The van der Waals surface area contributed by atoms with Gasteiger partial charge in [0.25, 0.3) is 0 Å². The molecule has 0 radical (unpaired) electrons. The first-order valence-electron chi connectivity index (χ1n) is 10.9. The highest BCUT2D eigenvalue weighted by atomic mass is 35.5. The molecule has 170 valence electrons. The lowest BCUT2D eigenvalue weighted by Gasteiger charge is -2.63. The van der Waals surface area contributed by atoms with Gasteiger partial charge in [0.05, 0.1) is 32.2 Å². The lowest BCUT2D eigenvalue weighted by Crippen LogP contribution is -2.76. The molecule has 0 aliphatic carbocycles. The van der Waals surface area contributed by atoms with Gasteiger partial charge >= 0.3 is 0 Å². The quantitative estimate of drug-likeness (QED) is 0.652. The largest absolute Gasteiger partial charge is 0.393 e. The summed E-state index contributed by atoms with van der Waals surface area (Å²) in [7, 11) is 0. The Morgan fingerprint density at radius 1 is 0.586 bits per heavy atom. The summed E-state index contributed by atoms with van der Waals surface area (Å²) in [5.41, 5.74) is -0.702. The molecular weight excluding hydrogens is 390 g/mol. The van der Waals surface area contributed by atoms with Gasteiger partial charge in [0.1, 0.15) is 0 Å². The molecule has 0 aromatic carbocycles. The minimum absolute atomic E-state index is 0.176. The van der Waals surface area contributed by atoms with Crippen molar-refractivity contribution in [3.8, 4) is 0 Å². The van der Waals surface area contributed by atoms with Gasteiger partial charge < -0.3 is 10.2 Å². The SMILES string of the molecule is CC1(C)CC(O)CC(C)(C)N1N1CN(Cl)CN(N2C(C)(C)CC(O)CC2(C)C)C1. The van der Waals surface area contributed by atoms with Crippen molar-refractivity contribution < 1.29 is 10.2 Å². The topological polar surface area (TPSA) is 56.7 Å². The fraction of sp³-hybridized carbons (Fsp3) is 1.00. The second-order valence-electron chi connectivity index (χ2n) is 11.9. The normalized spacial score (nSPS) is 33.2. The monoisotopic (exact) mass is 431 g/mol. The van der Waals surface area contributed by atoms with E-state index in [1.165, 1.54) is 0 Å². The zero-order valence-electron chi connectivity index (χ0n) is 19.6. The van der Waals surface area contributed by atoms with Gasteiger partial charge in [-0.1, -0.05) is 0 Å². The van der Waals surface area contributed by atoms with Crippen molar-refractivity contribution >= 4 is 11.8 Å². The van der Waals surface area contributed by atoms with E-state index in [1.807, 2.05) is 4.42 Å². The van der Waals surface area contributed by atoms with Gasteiger partial charge in [-0.2, -0.15) is 4.42 Å². The smallest absolute Gasteiger partial charge is 0.0823 e. The van der Waals surface area contributed by atoms with Crippen LogP contribution >= 0.6 is 11.8 Å². The highest BCUT2D eigenvalue weighted by molar-refractivity contribution is 6.13. The van der Waals surface area contributed by atoms with Crippen molar-refractivity contribution in [1.29, 1.82) is 0 Å². The lowest BCUT2D eigenvalue weighted by molar-refractivity contribution is -0.295. The van der Waals surface area contributed by atoms with E-state index in [0.717, 1.165) is 32.4 Å². The number of nitrogens with zero attached hydrogens (tertiary/aromatic N) is 5. The summed E-state index contributed by atoms with van der Waals surface area (Å²) in [6.07, 6.45) is 2.38. The second-order valence-corrected chi connectivity index (χ2v) is 12.4. The number of piperidine rings is 2. The Kier molecular flexibility index (Phi) is 6.17. The van der Waals surface area contributed by atoms with Crippen LogP contribution in [-0.2, 0) is 0 Å². The molecule has 3 heterocycles. The van der Waals surface area contributed by atoms with E-state index in [-0.39, 0.29) is 34.4 Å². The molecule has 3 aliphatic heterocycles. The van der Waals surface area contributed by atoms with E-state index in [9.17, 15) is 10.2 Å². The molecule has 0 unspecified atom stereocenters. The first kappa shape index (κ1) is 23.7. The first-order valence-corrected chi connectivity index (χ1v) is 11.3. The van der Waals surface area contributed by atoms with Crippen LogP contribution in [0.2, 0.25) is 0 Å². The van der Waals surface area contributed by atoms with Crippen molar-refractivity contribution in [3.63, 3.8) is 0 Å². The first-order chi connectivity index (χ1) is 13.1. The number of aliphatic hydroxyl groups is 2. The van der Waals surface area contributed by atoms with Crippen LogP contribution in [0.25, 0.3) is 0 Å². The number of hydrogen-bond acceptors (Lipinski definition) is 7. The number of halogens is 1. The molecule has 7 nitrogen and oxygen atoms in total. The fourth-order valence-corrected chi connectivity index (χ4v) is 7.14. The van der Waals surface area contributed by atoms with Crippen LogP contribution in [0, 0.1) is 0 Å². The van der Waals surface area contributed by atoms with Crippen LogP contribution < -0.4 is 0 Å². The molecule has 0 bridgehead atoms. The van der Waals surface area contributed by atoms with Crippen LogP contribution in [0.3, 0.4) is 0 Å². The summed E-state index contributed by atoms with van der Waals surface area (Å²) in [5.74, 6) is 0. The van der Waals surface area contributed by atoms with E-state index in [2.05, 4.69) is 75.4 Å². The third-order valence-corrected chi connectivity index (χ3v) is 6.97.